The van der Waals surface area contributed by atoms with E-state index >= 15 is 0 Å². The summed E-state index contributed by atoms with van der Waals surface area (Å²) in [6.45, 7) is 7.40. The number of hydrogen-bond acceptors (Lipinski definition) is 5. The maximum Gasteiger partial charge on any atom is 0.263 e. The molecule has 6 nitrogen and oxygen atoms in total. The van der Waals surface area contributed by atoms with Crippen LogP contribution in [0.1, 0.15) is 27.2 Å². The second-order valence-corrected chi connectivity index (χ2v) is 9.01. The van der Waals surface area contributed by atoms with E-state index in [0.29, 0.717) is 12.1 Å². The Kier molecular flexibility index (Phi) is 7.33. The number of halogens is 1. The molecular formula is C24H28ClN5OS. The summed E-state index contributed by atoms with van der Waals surface area (Å²) in [4.78, 5) is 22.4. The Hall–Kier alpha value is -2.74. The molecule has 0 atom stereocenters. The smallest absolute Gasteiger partial charge is 0.263 e. The van der Waals surface area contributed by atoms with Crippen LogP contribution in [0.4, 0.5) is 5.13 Å². The van der Waals surface area contributed by atoms with E-state index < -0.39 is 0 Å². The van der Waals surface area contributed by atoms with E-state index in [0.717, 1.165) is 38.8 Å². The molecule has 0 N–H and O–H groups in total. The zero-order valence-corrected chi connectivity index (χ0v) is 20.6. The molecule has 2 aromatic carbocycles. The maximum absolute atomic E-state index is 13.7. The highest BCUT2D eigenvalue weighted by Gasteiger charge is 2.25. The Labute approximate surface area is 198 Å². The number of para-hydroxylation sites is 1. The number of nitrogens with zero attached hydrogens (tertiary/aromatic N) is 5. The van der Waals surface area contributed by atoms with Gasteiger partial charge in [-0.05, 0) is 64.2 Å². The minimum Gasteiger partial charge on any atom is -0.308 e. The molecule has 2 aromatic heterocycles. The zero-order valence-electron chi connectivity index (χ0n) is 19.0. The number of amides is 1. The van der Waals surface area contributed by atoms with Crippen molar-refractivity contribution in [2.75, 3.05) is 32.1 Å². The van der Waals surface area contributed by atoms with Crippen LogP contribution in [-0.4, -0.2) is 52.8 Å². The zero-order chi connectivity index (χ0) is 22.1. The number of carbonyl (C=O) groups excluding carboxylic acids is 1. The lowest BCUT2D eigenvalue weighted by atomic mass is 10.1. The van der Waals surface area contributed by atoms with Gasteiger partial charge in [-0.1, -0.05) is 35.6 Å². The molecule has 2 heterocycles. The minimum atomic E-state index is -0.0741. The van der Waals surface area contributed by atoms with Gasteiger partial charge in [0, 0.05) is 13.1 Å². The lowest BCUT2D eigenvalue weighted by Gasteiger charge is -2.21. The number of carbonyl (C=O) groups is 1. The fourth-order valence-corrected chi connectivity index (χ4v) is 4.56. The molecule has 8 heteroatoms. The number of anilines is 1. The first-order valence-electron chi connectivity index (χ1n) is 10.3. The highest BCUT2D eigenvalue weighted by molar-refractivity contribution is 7.22. The third-order valence-electron chi connectivity index (χ3n) is 5.56. The van der Waals surface area contributed by atoms with Gasteiger partial charge in [0.1, 0.15) is 0 Å². The highest BCUT2D eigenvalue weighted by Crippen LogP contribution is 2.33. The second-order valence-electron chi connectivity index (χ2n) is 8.00. The monoisotopic (exact) mass is 469 g/mol. The summed E-state index contributed by atoms with van der Waals surface area (Å²) in [6.07, 6.45) is 1.66. The van der Waals surface area contributed by atoms with Gasteiger partial charge in [0.15, 0.2) is 5.13 Å². The van der Waals surface area contributed by atoms with Gasteiger partial charge in [0.2, 0.25) is 0 Å². The van der Waals surface area contributed by atoms with Crippen molar-refractivity contribution in [2.24, 2.45) is 0 Å². The number of fused-ring (bicyclic) bond motifs is 1. The molecule has 0 spiro atoms. The maximum atomic E-state index is 13.7. The normalized spacial score (nSPS) is 11.1. The Morgan fingerprint density at radius 1 is 1.03 bits per heavy atom. The molecular weight excluding hydrogens is 442 g/mol. The van der Waals surface area contributed by atoms with Gasteiger partial charge >= 0.3 is 0 Å². The Morgan fingerprint density at radius 2 is 1.75 bits per heavy atom. The molecule has 1 amide bonds. The summed E-state index contributed by atoms with van der Waals surface area (Å²) < 4.78 is 2.90. The number of aromatic nitrogens is 3. The van der Waals surface area contributed by atoms with Crippen LogP contribution in [0.3, 0.4) is 0 Å². The van der Waals surface area contributed by atoms with Crippen molar-refractivity contribution >= 4 is 45.0 Å². The topological polar surface area (TPSA) is 54.3 Å². The van der Waals surface area contributed by atoms with Crippen molar-refractivity contribution in [3.63, 3.8) is 0 Å². The van der Waals surface area contributed by atoms with Crippen LogP contribution in [0.5, 0.6) is 0 Å². The average molecular weight is 470 g/mol. The van der Waals surface area contributed by atoms with Crippen LogP contribution in [0.15, 0.2) is 48.7 Å². The van der Waals surface area contributed by atoms with Crippen LogP contribution in [0.25, 0.3) is 15.9 Å². The van der Waals surface area contributed by atoms with Gasteiger partial charge in [-0.2, -0.15) is 5.10 Å². The summed E-state index contributed by atoms with van der Waals surface area (Å²) in [5.41, 5.74) is 5.68. The van der Waals surface area contributed by atoms with E-state index in [2.05, 4.69) is 36.0 Å². The summed E-state index contributed by atoms with van der Waals surface area (Å²) >= 11 is 1.56. The third-order valence-corrected chi connectivity index (χ3v) is 6.60. The van der Waals surface area contributed by atoms with Gasteiger partial charge in [0.05, 0.1) is 33.4 Å². The first kappa shape index (κ1) is 23.9. The summed E-state index contributed by atoms with van der Waals surface area (Å²) in [7, 11) is 4.01. The molecule has 0 bridgehead atoms. The Bertz CT molecular complexity index is 1230. The van der Waals surface area contributed by atoms with Crippen LogP contribution in [0.2, 0.25) is 0 Å². The van der Waals surface area contributed by atoms with Crippen LogP contribution in [-0.2, 0) is 0 Å². The van der Waals surface area contributed by atoms with E-state index in [1.807, 2.05) is 56.0 Å². The van der Waals surface area contributed by atoms with E-state index in [9.17, 15) is 4.79 Å². The molecule has 0 saturated heterocycles. The fraction of sp³-hybridized carbons (Fsp3) is 0.292. The Morgan fingerprint density at radius 3 is 2.44 bits per heavy atom. The quantitative estimate of drug-likeness (QED) is 0.397. The first-order chi connectivity index (χ1) is 14.9. The van der Waals surface area contributed by atoms with Crippen molar-refractivity contribution in [3.8, 4) is 5.69 Å². The van der Waals surface area contributed by atoms with Crippen molar-refractivity contribution in [3.05, 3.63) is 71.0 Å². The summed E-state index contributed by atoms with van der Waals surface area (Å²) in [5, 5.41) is 5.21. The SMILES string of the molecule is Cc1ccc2sc(N(CCN(C)C)C(=O)c3cnn(-c4ccccc4)c3C)nc2c1C.Cl. The number of rotatable bonds is 6. The van der Waals surface area contributed by atoms with Crippen molar-refractivity contribution < 1.29 is 4.79 Å². The van der Waals surface area contributed by atoms with Crippen molar-refractivity contribution in [2.45, 2.75) is 20.8 Å². The van der Waals surface area contributed by atoms with Crippen molar-refractivity contribution in [1.29, 1.82) is 0 Å². The molecule has 168 valence electrons. The summed E-state index contributed by atoms with van der Waals surface area (Å²) in [6, 6.07) is 14.1. The van der Waals surface area contributed by atoms with Crippen LogP contribution in [0, 0.1) is 20.8 Å². The van der Waals surface area contributed by atoms with Gasteiger partial charge in [0.25, 0.3) is 5.91 Å². The number of hydrogen-bond donors (Lipinski definition) is 0. The van der Waals surface area contributed by atoms with Gasteiger partial charge < -0.3 is 4.90 Å². The van der Waals surface area contributed by atoms with E-state index in [4.69, 9.17) is 4.98 Å². The lowest BCUT2D eigenvalue weighted by Crippen LogP contribution is -2.37. The number of thiazole rings is 1. The average Bonchev–Trinajstić information content (AvgIpc) is 3.35. The molecule has 0 aliphatic heterocycles. The number of likely N-dealkylation sites (N-methyl/N-ethyl adjacent to an activating group) is 1. The summed E-state index contributed by atoms with van der Waals surface area (Å²) in [5.74, 6) is -0.0741. The molecule has 4 rings (SSSR count). The molecule has 0 unspecified atom stereocenters. The van der Waals surface area contributed by atoms with E-state index in [1.165, 1.54) is 5.56 Å². The fourth-order valence-electron chi connectivity index (χ4n) is 3.51. The predicted octanol–water partition coefficient (Wildman–Crippen LogP) is 5.04. The van der Waals surface area contributed by atoms with Crippen LogP contribution >= 0.6 is 23.7 Å². The van der Waals surface area contributed by atoms with E-state index in [-0.39, 0.29) is 18.3 Å². The second kappa shape index (κ2) is 9.81. The third kappa shape index (κ3) is 4.55. The standard InChI is InChI=1S/C24H27N5OS.ClH/c1-16-11-12-21-22(17(16)2)26-24(31-21)28(14-13-27(4)5)23(30)20-15-25-29(18(20)3)19-9-7-6-8-10-19;/h6-12,15H,13-14H2,1-5H3;1H. The van der Waals surface area contributed by atoms with Crippen LogP contribution < -0.4 is 4.90 Å². The molecule has 0 aliphatic rings. The lowest BCUT2D eigenvalue weighted by molar-refractivity contribution is 0.0984. The highest BCUT2D eigenvalue weighted by atomic mass is 35.5. The number of aryl methyl sites for hydroxylation is 2. The number of benzene rings is 2. The largest absolute Gasteiger partial charge is 0.308 e. The molecule has 4 aromatic rings. The molecule has 0 saturated carbocycles. The molecule has 0 aliphatic carbocycles. The first-order valence-corrected chi connectivity index (χ1v) is 11.1. The van der Waals surface area contributed by atoms with E-state index in [1.54, 1.807) is 22.4 Å². The predicted molar refractivity (Wildman–Crippen MR) is 135 cm³/mol. The molecule has 0 radical (unpaired) electrons. The minimum absolute atomic E-state index is 0. The molecule has 32 heavy (non-hydrogen) atoms. The van der Waals surface area contributed by atoms with Gasteiger partial charge in [-0.3, -0.25) is 9.69 Å². The van der Waals surface area contributed by atoms with Crippen molar-refractivity contribution in [1.82, 2.24) is 19.7 Å². The van der Waals surface area contributed by atoms with Gasteiger partial charge in [-0.15, -0.1) is 12.4 Å². The Balaban J connectivity index is 0.00000289. The molecule has 0 fully saturated rings. The van der Waals surface area contributed by atoms with Gasteiger partial charge in [-0.25, -0.2) is 9.67 Å².